The number of nitrogens with two attached hydrogens (primary N) is 1. The predicted octanol–water partition coefficient (Wildman–Crippen LogP) is 5.44. The van der Waals surface area contributed by atoms with Crippen LogP contribution in [0.3, 0.4) is 0 Å². The summed E-state index contributed by atoms with van der Waals surface area (Å²) in [6.45, 7) is 4.47. The van der Waals surface area contributed by atoms with E-state index in [1.54, 1.807) is 12.1 Å². The van der Waals surface area contributed by atoms with Crippen molar-refractivity contribution < 1.29 is 14.6 Å². The molecule has 1 unspecified atom stereocenters. The molecular weight excluding hydrogens is 426 g/mol. The lowest BCUT2D eigenvalue weighted by Crippen LogP contribution is -2.06. The Morgan fingerprint density at radius 2 is 1.91 bits per heavy atom. The first-order valence-electron chi connectivity index (χ1n) is 11.7. The Bertz CT molecular complexity index is 1370. The molecule has 0 saturated heterocycles. The van der Waals surface area contributed by atoms with Gasteiger partial charge in [0.1, 0.15) is 18.1 Å². The molecule has 0 aliphatic heterocycles. The Hall–Kier alpha value is -3.64. The standard InChI is InChI=1S/C28H29N3O3/c1-17(2)31-26-12-10-20(19-8-7-18-9-11-24(29)22(18)13-19)14-23(26)25(30-31)16-34-27-6-4-3-5-21(27)15-28(32)33/h3-8,10,12-14,17,24H,9,11,15-16,29H2,1-2H3,(H,32,33). The highest BCUT2D eigenvalue weighted by Gasteiger charge is 2.20. The van der Waals surface area contributed by atoms with Crippen LogP contribution in [0.25, 0.3) is 22.0 Å². The summed E-state index contributed by atoms with van der Waals surface area (Å²) in [6, 6.07) is 20.6. The van der Waals surface area contributed by atoms with Gasteiger partial charge in [-0.1, -0.05) is 36.4 Å². The number of para-hydroxylation sites is 1. The number of carboxylic acid groups (broad SMARTS) is 1. The average molecular weight is 456 g/mol. The lowest BCUT2D eigenvalue weighted by atomic mass is 9.98. The zero-order chi connectivity index (χ0) is 23.8. The summed E-state index contributed by atoms with van der Waals surface area (Å²) >= 11 is 0. The van der Waals surface area contributed by atoms with Crippen LogP contribution in [-0.4, -0.2) is 20.9 Å². The number of ether oxygens (including phenoxy) is 1. The number of hydrogen-bond acceptors (Lipinski definition) is 4. The first-order chi connectivity index (χ1) is 16.4. The number of carboxylic acids is 1. The highest BCUT2D eigenvalue weighted by molar-refractivity contribution is 5.87. The molecule has 1 aliphatic rings. The fraction of sp³-hybridized carbons (Fsp3) is 0.286. The molecule has 6 nitrogen and oxygen atoms in total. The van der Waals surface area contributed by atoms with E-state index in [4.69, 9.17) is 15.6 Å². The molecule has 1 heterocycles. The van der Waals surface area contributed by atoms with Crippen LogP contribution in [0.5, 0.6) is 5.75 Å². The minimum Gasteiger partial charge on any atom is -0.487 e. The van der Waals surface area contributed by atoms with Crippen LogP contribution >= 0.6 is 0 Å². The van der Waals surface area contributed by atoms with Gasteiger partial charge in [-0.05, 0) is 73.2 Å². The maximum Gasteiger partial charge on any atom is 0.307 e. The van der Waals surface area contributed by atoms with Crippen LogP contribution in [0, 0.1) is 0 Å². The highest BCUT2D eigenvalue weighted by Crippen LogP contribution is 2.35. The van der Waals surface area contributed by atoms with Crippen LogP contribution in [0.2, 0.25) is 0 Å². The quantitative estimate of drug-likeness (QED) is 0.387. The minimum atomic E-state index is -0.885. The van der Waals surface area contributed by atoms with Gasteiger partial charge in [0.05, 0.1) is 11.9 Å². The number of hydrogen-bond donors (Lipinski definition) is 2. The van der Waals surface area contributed by atoms with Crippen molar-refractivity contribution in [3.8, 4) is 16.9 Å². The number of aliphatic carboxylic acids is 1. The molecule has 0 saturated carbocycles. The van der Waals surface area contributed by atoms with E-state index >= 15 is 0 Å². The molecular formula is C28H29N3O3. The summed E-state index contributed by atoms with van der Waals surface area (Å²) in [4.78, 5) is 11.2. The van der Waals surface area contributed by atoms with Crippen molar-refractivity contribution in [2.45, 2.75) is 51.8 Å². The van der Waals surface area contributed by atoms with E-state index in [2.05, 4.69) is 50.2 Å². The summed E-state index contributed by atoms with van der Waals surface area (Å²) in [5.74, 6) is -0.315. The van der Waals surface area contributed by atoms with Gasteiger partial charge >= 0.3 is 5.97 Å². The van der Waals surface area contributed by atoms with Crippen LogP contribution in [0.1, 0.15) is 54.7 Å². The molecule has 1 atom stereocenters. The first kappa shape index (κ1) is 22.2. The molecule has 1 aliphatic carbocycles. The Morgan fingerprint density at radius 1 is 1.15 bits per heavy atom. The van der Waals surface area contributed by atoms with Crippen LogP contribution < -0.4 is 10.5 Å². The maximum absolute atomic E-state index is 11.2. The Balaban J connectivity index is 1.51. The van der Waals surface area contributed by atoms with Crippen LogP contribution in [0.4, 0.5) is 0 Å². The number of aromatic nitrogens is 2. The number of nitrogens with zero attached hydrogens (tertiary/aromatic N) is 2. The second-order valence-corrected chi connectivity index (χ2v) is 9.24. The van der Waals surface area contributed by atoms with Gasteiger partial charge < -0.3 is 15.6 Å². The van der Waals surface area contributed by atoms with Crippen molar-refractivity contribution >= 4 is 16.9 Å². The summed E-state index contributed by atoms with van der Waals surface area (Å²) in [6.07, 6.45) is 1.97. The van der Waals surface area contributed by atoms with Gasteiger partial charge in [0, 0.05) is 23.0 Å². The van der Waals surface area contributed by atoms with Crippen molar-refractivity contribution in [3.05, 3.63) is 83.0 Å². The fourth-order valence-corrected chi connectivity index (χ4v) is 4.80. The molecule has 0 radical (unpaired) electrons. The molecule has 3 aromatic carbocycles. The van der Waals surface area contributed by atoms with E-state index in [0.717, 1.165) is 40.6 Å². The molecule has 34 heavy (non-hydrogen) atoms. The molecule has 174 valence electrons. The van der Waals surface area contributed by atoms with Gasteiger partial charge in [-0.15, -0.1) is 0 Å². The van der Waals surface area contributed by atoms with Crippen molar-refractivity contribution in [2.24, 2.45) is 5.73 Å². The molecule has 1 aromatic heterocycles. The Labute approximate surface area is 199 Å². The lowest BCUT2D eigenvalue weighted by molar-refractivity contribution is -0.136. The molecule has 0 amide bonds. The summed E-state index contributed by atoms with van der Waals surface area (Å²) in [5.41, 5.74) is 13.7. The Kier molecular flexibility index (Phi) is 5.84. The molecule has 0 fully saturated rings. The van der Waals surface area contributed by atoms with Gasteiger partial charge in [-0.3, -0.25) is 9.48 Å². The van der Waals surface area contributed by atoms with Crippen LogP contribution in [0.15, 0.2) is 60.7 Å². The van der Waals surface area contributed by atoms with E-state index in [1.807, 2.05) is 16.8 Å². The normalized spacial score (nSPS) is 15.1. The molecule has 0 spiro atoms. The summed E-state index contributed by atoms with van der Waals surface area (Å²) in [7, 11) is 0. The van der Waals surface area contributed by atoms with Crippen molar-refractivity contribution in [2.75, 3.05) is 0 Å². The monoisotopic (exact) mass is 455 g/mol. The van der Waals surface area contributed by atoms with Gasteiger partial charge in [-0.25, -0.2) is 0 Å². The molecule has 0 bridgehead atoms. The lowest BCUT2D eigenvalue weighted by Gasteiger charge is -2.10. The zero-order valence-corrected chi connectivity index (χ0v) is 19.5. The minimum absolute atomic E-state index is 0.0814. The third-order valence-corrected chi connectivity index (χ3v) is 6.55. The number of rotatable bonds is 7. The SMILES string of the molecule is CC(C)n1nc(COc2ccccc2CC(=O)O)c2cc(-c3ccc4c(c3)C(N)CC4)ccc21. The second kappa shape index (κ2) is 8.95. The summed E-state index contributed by atoms with van der Waals surface area (Å²) < 4.78 is 8.10. The fourth-order valence-electron chi connectivity index (χ4n) is 4.80. The Morgan fingerprint density at radius 3 is 2.71 bits per heavy atom. The van der Waals surface area contributed by atoms with E-state index < -0.39 is 5.97 Å². The van der Waals surface area contributed by atoms with Gasteiger partial charge in [0.2, 0.25) is 0 Å². The maximum atomic E-state index is 11.2. The van der Waals surface area contributed by atoms with E-state index in [0.29, 0.717) is 11.3 Å². The zero-order valence-electron chi connectivity index (χ0n) is 19.5. The predicted molar refractivity (Wildman–Crippen MR) is 133 cm³/mol. The third-order valence-electron chi connectivity index (χ3n) is 6.55. The average Bonchev–Trinajstić information content (AvgIpc) is 3.38. The van der Waals surface area contributed by atoms with Crippen molar-refractivity contribution in [3.63, 3.8) is 0 Å². The van der Waals surface area contributed by atoms with Gasteiger partial charge in [0.15, 0.2) is 0 Å². The molecule has 6 heteroatoms. The topological polar surface area (TPSA) is 90.4 Å². The molecule has 4 aromatic rings. The van der Waals surface area contributed by atoms with Crippen molar-refractivity contribution in [1.82, 2.24) is 9.78 Å². The number of fused-ring (bicyclic) bond motifs is 2. The van der Waals surface area contributed by atoms with Gasteiger partial charge in [-0.2, -0.15) is 5.10 Å². The van der Waals surface area contributed by atoms with Crippen LogP contribution in [-0.2, 0) is 24.2 Å². The van der Waals surface area contributed by atoms with E-state index in [9.17, 15) is 9.90 Å². The molecule has 3 N–H and O–H groups in total. The first-order valence-corrected chi connectivity index (χ1v) is 11.7. The van der Waals surface area contributed by atoms with E-state index in [-0.39, 0.29) is 25.1 Å². The molecule has 5 rings (SSSR count). The third kappa shape index (κ3) is 4.17. The van der Waals surface area contributed by atoms with Gasteiger partial charge in [0.25, 0.3) is 0 Å². The largest absolute Gasteiger partial charge is 0.487 e. The smallest absolute Gasteiger partial charge is 0.307 e. The highest BCUT2D eigenvalue weighted by atomic mass is 16.5. The second-order valence-electron chi connectivity index (χ2n) is 9.24. The number of aryl methyl sites for hydroxylation is 1. The number of carbonyl (C=O) groups is 1. The summed E-state index contributed by atoms with van der Waals surface area (Å²) in [5, 5.41) is 15.1. The van der Waals surface area contributed by atoms with E-state index in [1.165, 1.54) is 11.1 Å². The van der Waals surface area contributed by atoms with Crippen molar-refractivity contribution in [1.29, 1.82) is 0 Å². The number of benzene rings is 3.